The number of hydrogen-bond donors (Lipinski definition) is 2. The normalized spacial score (nSPS) is 16.9. The number of carbonyl (C=O) groups is 1. The van der Waals surface area contributed by atoms with E-state index in [0.717, 1.165) is 24.0 Å². The van der Waals surface area contributed by atoms with E-state index >= 15 is 0 Å². The third-order valence-corrected chi connectivity index (χ3v) is 5.75. The molecule has 150 valence electrons. The van der Waals surface area contributed by atoms with E-state index < -0.39 is 0 Å². The average molecular weight is 390 g/mol. The number of benzene rings is 1. The summed E-state index contributed by atoms with van der Waals surface area (Å²) in [5, 5.41) is 10.4. The summed E-state index contributed by atoms with van der Waals surface area (Å²) in [6, 6.07) is 13.7. The molecule has 1 aromatic carbocycles. The van der Waals surface area contributed by atoms with Crippen LogP contribution in [0.1, 0.15) is 62.4 Å². The highest BCUT2D eigenvalue weighted by Crippen LogP contribution is 2.36. The molecule has 4 rings (SSSR count). The maximum Gasteiger partial charge on any atom is 0.228 e. The van der Waals surface area contributed by atoms with Crippen LogP contribution < -0.4 is 5.32 Å². The Hall–Kier alpha value is -3.02. The molecule has 1 aliphatic carbocycles. The van der Waals surface area contributed by atoms with E-state index in [1.54, 1.807) is 12.4 Å². The van der Waals surface area contributed by atoms with Crippen molar-refractivity contribution in [1.29, 1.82) is 0 Å². The van der Waals surface area contributed by atoms with Crippen molar-refractivity contribution in [2.45, 2.75) is 51.0 Å². The lowest BCUT2D eigenvalue weighted by molar-refractivity contribution is -0.124. The second-order valence-corrected chi connectivity index (χ2v) is 7.80. The van der Waals surface area contributed by atoms with Crippen LogP contribution in [0.15, 0.2) is 54.9 Å². The van der Waals surface area contributed by atoms with Gasteiger partial charge in [0.05, 0.1) is 12.0 Å². The first-order chi connectivity index (χ1) is 14.2. The predicted molar refractivity (Wildman–Crippen MR) is 112 cm³/mol. The number of aromatic amines is 1. The molecule has 2 atom stereocenters. The van der Waals surface area contributed by atoms with Gasteiger partial charge >= 0.3 is 0 Å². The number of nitrogens with one attached hydrogen (secondary N) is 2. The summed E-state index contributed by atoms with van der Waals surface area (Å²) >= 11 is 0. The first-order valence-electron chi connectivity index (χ1n) is 10.4. The summed E-state index contributed by atoms with van der Waals surface area (Å²) in [5.74, 6) is 1.56. The molecule has 1 fully saturated rings. The molecule has 0 bridgehead atoms. The zero-order valence-electron chi connectivity index (χ0n) is 16.7. The van der Waals surface area contributed by atoms with Crippen LogP contribution in [0.4, 0.5) is 0 Å². The van der Waals surface area contributed by atoms with Crippen molar-refractivity contribution >= 4 is 5.91 Å². The van der Waals surface area contributed by atoms with Crippen molar-refractivity contribution in [1.82, 2.24) is 25.5 Å². The van der Waals surface area contributed by atoms with Crippen molar-refractivity contribution in [3.8, 4) is 11.4 Å². The van der Waals surface area contributed by atoms with Gasteiger partial charge in [-0.3, -0.25) is 14.9 Å². The number of amides is 1. The van der Waals surface area contributed by atoms with Crippen LogP contribution in [0.3, 0.4) is 0 Å². The van der Waals surface area contributed by atoms with Gasteiger partial charge in [-0.05, 0) is 43.4 Å². The first-order valence-corrected chi connectivity index (χ1v) is 10.4. The fraction of sp³-hybridized carbons (Fsp3) is 0.391. The molecule has 0 unspecified atom stereocenters. The zero-order chi connectivity index (χ0) is 20.1. The monoisotopic (exact) mass is 389 g/mol. The number of H-pyrrole nitrogens is 1. The number of pyridine rings is 1. The van der Waals surface area contributed by atoms with Crippen molar-refractivity contribution in [2.75, 3.05) is 0 Å². The minimum absolute atomic E-state index is 0.0647. The molecule has 0 aliphatic heterocycles. The topological polar surface area (TPSA) is 83.6 Å². The van der Waals surface area contributed by atoms with Gasteiger partial charge in [-0.15, -0.1) is 0 Å². The van der Waals surface area contributed by atoms with Crippen LogP contribution in [0, 0.1) is 5.92 Å². The maximum absolute atomic E-state index is 13.3. The molecule has 6 nitrogen and oxygen atoms in total. The second-order valence-electron chi connectivity index (χ2n) is 7.80. The van der Waals surface area contributed by atoms with Crippen LogP contribution in [0.5, 0.6) is 0 Å². The lowest BCUT2D eigenvalue weighted by Gasteiger charge is -2.30. The largest absolute Gasteiger partial charge is 0.346 e. The van der Waals surface area contributed by atoms with Gasteiger partial charge in [0.2, 0.25) is 5.91 Å². The fourth-order valence-electron chi connectivity index (χ4n) is 4.23. The van der Waals surface area contributed by atoms with Crippen molar-refractivity contribution < 1.29 is 4.79 Å². The van der Waals surface area contributed by atoms with Gasteiger partial charge in [0.1, 0.15) is 5.82 Å². The van der Waals surface area contributed by atoms with Crippen LogP contribution in [-0.4, -0.2) is 26.1 Å². The van der Waals surface area contributed by atoms with Crippen molar-refractivity contribution in [3.63, 3.8) is 0 Å². The molecule has 2 heterocycles. The molecule has 1 amide bonds. The van der Waals surface area contributed by atoms with Gasteiger partial charge in [-0.2, -0.15) is 5.10 Å². The zero-order valence-corrected chi connectivity index (χ0v) is 16.7. The summed E-state index contributed by atoms with van der Waals surface area (Å²) in [5.41, 5.74) is 1.94. The van der Waals surface area contributed by atoms with Gasteiger partial charge in [0.15, 0.2) is 5.82 Å². The Morgan fingerprint density at radius 2 is 1.90 bits per heavy atom. The third-order valence-electron chi connectivity index (χ3n) is 5.75. The van der Waals surface area contributed by atoms with E-state index in [-0.39, 0.29) is 17.9 Å². The van der Waals surface area contributed by atoms with Crippen molar-refractivity contribution in [3.05, 3.63) is 66.2 Å². The van der Waals surface area contributed by atoms with Gasteiger partial charge < -0.3 is 5.32 Å². The summed E-state index contributed by atoms with van der Waals surface area (Å²) in [4.78, 5) is 22.0. The highest BCUT2D eigenvalue weighted by Gasteiger charge is 2.32. The molecule has 29 heavy (non-hydrogen) atoms. The first kappa shape index (κ1) is 19.3. The minimum atomic E-state index is -0.254. The fourth-order valence-corrected chi connectivity index (χ4v) is 4.23. The van der Waals surface area contributed by atoms with Crippen LogP contribution in [0.2, 0.25) is 0 Å². The Morgan fingerprint density at radius 3 is 2.62 bits per heavy atom. The smallest absolute Gasteiger partial charge is 0.228 e. The molecule has 1 saturated carbocycles. The van der Waals surface area contributed by atoms with Crippen molar-refractivity contribution in [2.24, 2.45) is 5.92 Å². The molecule has 0 saturated heterocycles. The Morgan fingerprint density at radius 1 is 1.10 bits per heavy atom. The van der Waals surface area contributed by atoms with Crippen LogP contribution in [0.25, 0.3) is 11.4 Å². The quantitative estimate of drug-likeness (QED) is 0.654. The maximum atomic E-state index is 13.3. The summed E-state index contributed by atoms with van der Waals surface area (Å²) in [7, 11) is 0. The van der Waals surface area contributed by atoms with E-state index in [1.165, 1.54) is 19.3 Å². The molecule has 0 radical (unpaired) electrons. The SMILES string of the molecule is C[C@H](NC(=O)[C@H](c1ccccc1)C1CCCCC1)c1nc(-c2cccnc2)n[nH]1. The Kier molecular flexibility index (Phi) is 5.98. The van der Waals surface area contributed by atoms with Gasteiger partial charge in [-0.25, -0.2) is 4.98 Å². The van der Waals surface area contributed by atoms with E-state index in [1.807, 2.05) is 37.3 Å². The summed E-state index contributed by atoms with van der Waals surface area (Å²) in [6.45, 7) is 1.94. The highest BCUT2D eigenvalue weighted by molar-refractivity contribution is 5.84. The van der Waals surface area contributed by atoms with Gasteiger partial charge in [0.25, 0.3) is 0 Å². The third kappa shape index (κ3) is 4.53. The molecule has 1 aliphatic rings. The van der Waals surface area contributed by atoms with Crippen LogP contribution in [-0.2, 0) is 4.79 Å². The van der Waals surface area contributed by atoms with Crippen LogP contribution >= 0.6 is 0 Å². The Bertz CT molecular complexity index is 919. The molecular weight excluding hydrogens is 362 g/mol. The van der Waals surface area contributed by atoms with Gasteiger partial charge in [-0.1, -0.05) is 49.6 Å². The number of aromatic nitrogens is 4. The lowest BCUT2D eigenvalue weighted by Crippen LogP contribution is -2.36. The van der Waals surface area contributed by atoms with E-state index in [4.69, 9.17) is 0 Å². The predicted octanol–water partition coefficient (Wildman–Crippen LogP) is 4.41. The number of nitrogens with zero attached hydrogens (tertiary/aromatic N) is 3. The van der Waals surface area contributed by atoms with E-state index in [2.05, 4.69) is 37.6 Å². The molecule has 2 N–H and O–H groups in total. The molecule has 3 aromatic rings. The van der Waals surface area contributed by atoms with Gasteiger partial charge in [0, 0.05) is 18.0 Å². The Labute approximate surface area is 171 Å². The molecule has 0 spiro atoms. The number of rotatable bonds is 6. The molecular formula is C23H27N5O. The summed E-state index contributed by atoms with van der Waals surface area (Å²) in [6.07, 6.45) is 9.33. The molecule has 2 aromatic heterocycles. The standard InChI is InChI=1S/C23H27N5O/c1-16(21-26-22(28-27-21)19-13-8-14-24-15-19)25-23(29)20(17-9-4-2-5-10-17)18-11-6-3-7-12-18/h2,4-5,8-10,13-16,18,20H,3,6-7,11-12H2,1H3,(H,25,29)(H,26,27,28)/t16-,20+/m0/s1. The number of hydrogen-bond acceptors (Lipinski definition) is 4. The minimum Gasteiger partial charge on any atom is -0.346 e. The van der Waals surface area contributed by atoms with E-state index in [0.29, 0.717) is 17.6 Å². The summed E-state index contributed by atoms with van der Waals surface area (Å²) < 4.78 is 0. The second kappa shape index (κ2) is 8.99. The van der Waals surface area contributed by atoms with E-state index in [9.17, 15) is 4.79 Å². The Balaban J connectivity index is 1.50. The lowest BCUT2D eigenvalue weighted by atomic mass is 9.76. The number of carbonyl (C=O) groups excluding carboxylic acids is 1. The molecule has 6 heteroatoms. The highest BCUT2D eigenvalue weighted by atomic mass is 16.2. The average Bonchev–Trinajstić information content (AvgIpc) is 3.27.